The lowest BCUT2D eigenvalue weighted by molar-refractivity contribution is -0.0825. The van der Waals surface area contributed by atoms with E-state index in [1.165, 1.54) is 0 Å². The van der Waals surface area contributed by atoms with Gasteiger partial charge in [0.2, 0.25) is 0 Å². The number of aryl methyl sites for hydroxylation is 1. The fourth-order valence-electron chi connectivity index (χ4n) is 7.72. The predicted octanol–water partition coefficient (Wildman–Crippen LogP) is 4.12. The average molecular weight is 478 g/mol. The summed E-state index contributed by atoms with van der Waals surface area (Å²) in [6.45, 7) is 10.6. The van der Waals surface area contributed by atoms with Crippen LogP contribution < -0.4 is 0 Å². The molecule has 2 saturated carbocycles. The summed E-state index contributed by atoms with van der Waals surface area (Å²) in [4.78, 5) is 4.16. The minimum Gasteiger partial charge on any atom is -0.392 e. The molecular formula is C30H39NO4. The van der Waals surface area contributed by atoms with Crippen molar-refractivity contribution in [1.82, 2.24) is 4.98 Å². The van der Waals surface area contributed by atoms with Gasteiger partial charge in [-0.2, -0.15) is 0 Å². The number of fused-ring (bicyclic) bond motifs is 4. The van der Waals surface area contributed by atoms with Crippen LogP contribution >= 0.6 is 0 Å². The molecule has 0 aromatic carbocycles. The molecule has 4 N–H and O–H groups in total. The van der Waals surface area contributed by atoms with Crippen molar-refractivity contribution in [2.24, 2.45) is 29.1 Å². The molecule has 0 radical (unpaired) electrons. The molecule has 1 heterocycles. The zero-order valence-electron chi connectivity index (χ0n) is 21.1. The molecular weight excluding hydrogens is 438 g/mol. The van der Waals surface area contributed by atoms with Crippen molar-refractivity contribution in [3.63, 3.8) is 0 Å². The number of rotatable bonds is 3. The highest BCUT2D eigenvalue weighted by atomic mass is 16.3. The summed E-state index contributed by atoms with van der Waals surface area (Å²) in [7, 11) is 0. The monoisotopic (exact) mass is 477 g/mol. The number of aromatic nitrogens is 1. The molecule has 9 unspecified atom stereocenters. The minimum atomic E-state index is -1.09. The molecule has 4 aliphatic carbocycles. The van der Waals surface area contributed by atoms with E-state index in [0.717, 1.165) is 35.1 Å². The summed E-state index contributed by atoms with van der Waals surface area (Å²) in [5, 5.41) is 44.1. The zero-order chi connectivity index (χ0) is 25.1. The third-order valence-corrected chi connectivity index (χ3v) is 9.68. The lowest BCUT2D eigenvalue weighted by Gasteiger charge is -2.44. The van der Waals surface area contributed by atoms with E-state index in [9.17, 15) is 20.4 Å². The van der Waals surface area contributed by atoms with Crippen LogP contribution in [0.25, 0.3) is 6.08 Å². The van der Waals surface area contributed by atoms with E-state index in [4.69, 9.17) is 0 Å². The Labute approximate surface area is 208 Å². The van der Waals surface area contributed by atoms with Gasteiger partial charge < -0.3 is 20.4 Å². The van der Waals surface area contributed by atoms with Crippen molar-refractivity contribution in [3.05, 3.63) is 71.1 Å². The molecule has 9 atom stereocenters. The van der Waals surface area contributed by atoms with Crippen LogP contribution in [0.2, 0.25) is 0 Å². The van der Waals surface area contributed by atoms with Gasteiger partial charge in [-0.25, -0.2) is 0 Å². The van der Waals surface area contributed by atoms with Crippen LogP contribution in [0.5, 0.6) is 0 Å². The summed E-state index contributed by atoms with van der Waals surface area (Å²) in [5.41, 5.74) is 3.63. The number of hydrogen-bond donors (Lipinski definition) is 4. The molecule has 2 fully saturated rings. The average Bonchev–Trinajstić information content (AvgIpc) is 2.99. The second-order valence-corrected chi connectivity index (χ2v) is 11.8. The van der Waals surface area contributed by atoms with E-state index in [-0.39, 0.29) is 29.1 Å². The number of hydrogen-bond acceptors (Lipinski definition) is 5. The summed E-state index contributed by atoms with van der Waals surface area (Å²) in [5.74, 6) is 0.255. The number of allylic oxidation sites excluding steroid dienone is 4. The summed E-state index contributed by atoms with van der Waals surface area (Å²) in [6.07, 6.45) is 12.9. The Kier molecular flexibility index (Phi) is 6.20. The number of aliphatic hydroxyl groups excluding tert-OH is 3. The van der Waals surface area contributed by atoms with Crippen LogP contribution in [0.15, 0.2) is 60.0 Å². The van der Waals surface area contributed by atoms with Gasteiger partial charge in [-0.1, -0.05) is 44.7 Å². The molecule has 5 rings (SSSR count). The van der Waals surface area contributed by atoms with Crippen molar-refractivity contribution in [2.75, 3.05) is 0 Å². The van der Waals surface area contributed by atoms with Crippen molar-refractivity contribution in [2.45, 2.75) is 76.8 Å². The van der Waals surface area contributed by atoms with E-state index < -0.39 is 23.9 Å². The van der Waals surface area contributed by atoms with Crippen LogP contribution in [0.3, 0.4) is 0 Å². The first kappa shape index (κ1) is 24.6. The molecule has 5 nitrogen and oxygen atoms in total. The highest BCUT2D eigenvalue weighted by molar-refractivity contribution is 5.56. The minimum absolute atomic E-state index is 0.0441. The second kappa shape index (κ2) is 8.81. The quantitative estimate of drug-likeness (QED) is 0.492. The third kappa shape index (κ3) is 3.97. The first-order valence-electron chi connectivity index (χ1n) is 13.0. The molecule has 0 aliphatic heterocycles. The highest BCUT2D eigenvalue weighted by Crippen LogP contribution is 2.61. The number of pyridine rings is 1. The van der Waals surface area contributed by atoms with Gasteiger partial charge >= 0.3 is 0 Å². The molecule has 1 aromatic rings. The molecule has 1 aromatic heterocycles. The molecule has 5 heteroatoms. The molecule has 0 spiro atoms. The SMILES string of the molecule is C=C(C=Cc1ccncc1C)C1C(O)CC2C3CCC4(O)CC(C)C(O)C(O)C4=CC3=CCC21C. The lowest BCUT2D eigenvalue weighted by atomic mass is 9.60. The van der Waals surface area contributed by atoms with Gasteiger partial charge in [-0.05, 0) is 96.1 Å². The van der Waals surface area contributed by atoms with Crippen molar-refractivity contribution in [1.29, 1.82) is 0 Å². The zero-order valence-corrected chi connectivity index (χ0v) is 21.1. The number of nitrogens with zero attached hydrogens (tertiary/aromatic N) is 1. The summed E-state index contributed by atoms with van der Waals surface area (Å²) >= 11 is 0. The van der Waals surface area contributed by atoms with E-state index in [0.29, 0.717) is 24.8 Å². The van der Waals surface area contributed by atoms with Crippen molar-refractivity contribution in [3.8, 4) is 0 Å². The lowest BCUT2D eigenvalue weighted by Crippen LogP contribution is -2.51. The van der Waals surface area contributed by atoms with Crippen LogP contribution in [0.1, 0.15) is 57.1 Å². The fourth-order valence-corrected chi connectivity index (χ4v) is 7.72. The Morgan fingerprint density at radius 2 is 2.03 bits per heavy atom. The van der Waals surface area contributed by atoms with Gasteiger partial charge in [0.05, 0.1) is 17.8 Å². The number of aliphatic hydroxyl groups is 4. The standard InChI is InChI=1S/C30H39NO4/c1-17(5-6-20-9-12-31-16-19(20)3)26-25(32)14-23-22-8-11-30(35)15-18(2)27(33)28(34)24(30)13-21(22)7-10-29(23,26)4/h5-7,9,12-13,16,18,22-23,25-28,32-35H,1,8,10-11,14-15H2,2-4H3. The first-order chi connectivity index (χ1) is 16.5. The summed E-state index contributed by atoms with van der Waals surface area (Å²) < 4.78 is 0. The van der Waals surface area contributed by atoms with Crippen LogP contribution in [0.4, 0.5) is 0 Å². The highest BCUT2D eigenvalue weighted by Gasteiger charge is 2.57. The van der Waals surface area contributed by atoms with Gasteiger partial charge in [-0.15, -0.1) is 0 Å². The first-order valence-corrected chi connectivity index (χ1v) is 13.0. The van der Waals surface area contributed by atoms with Crippen LogP contribution in [-0.4, -0.2) is 49.3 Å². The normalized spacial score (nSPS) is 43.0. The molecule has 0 saturated heterocycles. The maximum atomic E-state index is 11.5. The second-order valence-electron chi connectivity index (χ2n) is 11.8. The van der Waals surface area contributed by atoms with Gasteiger partial charge in [0.25, 0.3) is 0 Å². The van der Waals surface area contributed by atoms with Crippen LogP contribution in [-0.2, 0) is 0 Å². The predicted molar refractivity (Wildman–Crippen MR) is 137 cm³/mol. The van der Waals surface area contributed by atoms with Crippen molar-refractivity contribution >= 4 is 6.08 Å². The Hall–Kier alpha value is -2.05. The van der Waals surface area contributed by atoms with Gasteiger partial charge in [0.1, 0.15) is 6.10 Å². The Morgan fingerprint density at radius 1 is 1.26 bits per heavy atom. The Morgan fingerprint density at radius 3 is 2.77 bits per heavy atom. The van der Waals surface area contributed by atoms with Crippen molar-refractivity contribution < 1.29 is 20.4 Å². The van der Waals surface area contributed by atoms with Crippen LogP contribution in [0, 0.1) is 36.0 Å². The molecule has 0 amide bonds. The molecule has 188 valence electrons. The molecule has 4 aliphatic rings. The maximum Gasteiger partial charge on any atom is 0.104 e. The maximum absolute atomic E-state index is 11.5. The van der Waals surface area contributed by atoms with Gasteiger partial charge in [0, 0.05) is 18.3 Å². The van der Waals surface area contributed by atoms with Gasteiger partial charge in [-0.3, -0.25) is 4.98 Å². The Bertz CT molecular complexity index is 1110. The molecule has 35 heavy (non-hydrogen) atoms. The fraction of sp³-hybridized carbons (Fsp3) is 0.567. The third-order valence-electron chi connectivity index (χ3n) is 9.68. The Balaban J connectivity index is 1.44. The van der Waals surface area contributed by atoms with E-state index in [2.05, 4.69) is 36.7 Å². The van der Waals surface area contributed by atoms with E-state index in [1.807, 2.05) is 32.2 Å². The largest absolute Gasteiger partial charge is 0.392 e. The topological polar surface area (TPSA) is 93.8 Å². The smallest absolute Gasteiger partial charge is 0.104 e. The van der Waals surface area contributed by atoms with E-state index in [1.54, 1.807) is 6.20 Å². The summed E-state index contributed by atoms with van der Waals surface area (Å²) in [6, 6.07) is 1.99. The molecule has 0 bridgehead atoms. The van der Waals surface area contributed by atoms with Gasteiger partial charge in [0.15, 0.2) is 0 Å². The van der Waals surface area contributed by atoms with E-state index >= 15 is 0 Å².